The number of benzene rings is 1. The first kappa shape index (κ1) is 10.6. The molecule has 0 N–H and O–H groups in total. The molecule has 0 atom stereocenters. The molecule has 3 rings (SSSR count). The van der Waals surface area contributed by atoms with Gasteiger partial charge in [-0.1, -0.05) is 42.1 Å². The standard InChI is InChI=1S/C13H12N2OS/c16-12-11(8-10-4-2-1-3-5-10)9-14-13-15(12)6-7-17-13/h1-5,9H,6-8H2. The van der Waals surface area contributed by atoms with Gasteiger partial charge in [-0.25, -0.2) is 4.98 Å². The summed E-state index contributed by atoms with van der Waals surface area (Å²) in [7, 11) is 0. The molecule has 1 aromatic heterocycles. The van der Waals surface area contributed by atoms with Gasteiger partial charge in [-0.05, 0) is 5.56 Å². The van der Waals surface area contributed by atoms with Crippen LogP contribution in [0.4, 0.5) is 0 Å². The summed E-state index contributed by atoms with van der Waals surface area (Å²) in [6.07, 6.45) is 2.39. The summed E-state index contributed by atoms with van der Waals surface area (Å²) in [6.45, 7) is 0.786. The Kier molecular flexibility index (Phi) is 2.73. The first-order valence-corrected chi connectivity index (χ1v) is 6.58. The zero-order valence-electron chi connectivity index (χ0n) is 9.30. The van der Waals surface area contributed by atoms with Gasteiger partial charge in [0.25, 0.3) is 5.56 Å². The first-order valence-electron chi connectivity index (χ1n) is 5.60. The van der Waals surface area contributed by atoms with E-state index in [0.29, 0.717) is 6.42 Å². The van der Waals surface area contributed by atoms with Gasteiger partial charge < -0.3 is 0 Å². The van der Waals surface area contributed by atoms with Crippen LogP contribution < -0.4 is 5.56 Å². The Morgan fingerprint density at radius 2 is 2.12 bits per heavy atom. The summed E-state index contributed by atoms with van der Waals surface area (Å²) in [4.78, 5) is 16.5. The molecule has 0 radical (unpaired) electrons. The molecule has 2 heterocycles. The van der Waals surface area contributed by atoms with Gasteiger partial charge in [-0.15, -0.1) is 0 Å². The Bertz CT molecular complexity index is 592. The highest BCUT2D eigenvalue weighted by atomic mass is 32.2. The van der Waals surface area contributed by atoms with E-state index < -0.39 is 0 Å². The SMILES string of the molecule is O=c1c(Cc2ccccc2)cnc2n1CCS2. The van der Waals surface area contributed by atoms with Crippen molar-refractivity contribution in [3.05, 3.63) is 58.0 Å². The van der Waals surface area contributed by atoms with Crippen molar-refractivity contribution in [3.63, 3.8) is 0 Å². The van der Waals surface area contributed by atoms with Crippen LogP contribution in [0.3, 0.4) is 0 Å². The molecule has 1 aliphatic heterocycles. The lowest BCUT2D eigenvalue weighted by atomic mass is 10.1. The lowest BCUT2D eigenvalue weighted by Gasteiger charge is -2.05. The van der Waals surface area contributed by atoms with Gasteiger partial charge in [0, 0.05) is 30.5 Å². The smallest absolute Gasteiger partial charge is 0.257 e. The maximum atomic E-state index is 12.2. The van der Waals surface area contributed by atoms with Crippen LogP contribution in [0.2, 0.25) is 0 Å². The zero-order valence-corrected chi connectivity index (χ0v) is 10.1. The van der Waals surface area contributed by atoms with Crippen molar-refractivity contribution < 1.29 is 0 Å². The van der Waals surface area contributed by atoms with Crippen LogP contribution in [-0.4, -0.2) is 15.3 Å². The third kappa shape index (κ3) is 2.00. The molecule has 0 fully saturated rings. The summed E-state index contributed by atoms with van der Waals surface area (Å²) in [5, 5.41) is 0.854. The van der Waals surface area contributed by atoms with E-state index in [4.69, 9.17) is 0 Å². The molecule has 1 aromatic carbocycles. The number of fused-ring (bicyclic) bond motifs is 1. The summed E-state index contributed by atoms with van der Waals surface area (Å²) >= 11 is 1.65. The lowest BCUT2D eigenvalue weighted by molar-refractivity contribution is 0.645. The number of hydrogen-bond donors (Lipinski definition) is 0. The molecule has 0 unspecified atom stereocenters. The van der Waals surface area contributed by atoms with Crippen LogP contribution in [0.15, 0.2) is 46.5 Å². The Labute approximate surface area is 104 Å². The van der Waals surface area contributed by atoms with Crippen molar-refractivity contribution in [1.82, 2.24) is 9.55 Å². The fourth-order valence-corrected chi connectivity index (χ4v) is 2.91. The number of rotatable bonds is 2. The quantitative estimate of drug-likeness (QED) is 0.757. The summed E-state index contributed by atoms with van der Waals surface area (Å²) in [5.74, 6) is 0.955. The van der Waals surface area contributed by atoms with Crippen LogP contribution in [0, 0.1) is 0 Å². The summed E-state index contributed by atoms with van der Waals surface area (Å²) < 4.78 is 1.78. The minimum Gasteiger partial charge on any atom is -0.287 e. The van der Waals surface area contributed by atoms with Crippen molar-refractivity contribution in [2.24, 2.45) is 0 Å². The van der Waals surface area contributed by atoms with Gasteiger partial charge in [0.2, 0.25) is 0 Å². The highest BCUT2D eigenvalue weighted by Gasteiger charge is 2.15. The van der Waals surface area contributed by atoms with E-state index in [2.05, 4.69) is 4.98 Å². The van der Waals surface area contributed by atoms with Crippen molar-refractivity contribution in [2.45, 2.75) is 18.1 Å². The lowest BCUT2D eigenvalue weighted by Crippen LogP contribution is -2.24. The van der Waals surface area contributed by atoms with Gasteiger partial charge in [-0.3, -0.25) is 9.36 Å². The van der Waals surface area contributed by atoms with E-state index in [1.807, 2.05) is 30.3 Å². The number of thioether (sulfide) groups is 1. The predicted molar refractivity (Wildman–Crippen MR) is 68.5 cm³/mol. The third-order valence-electron chi connectivity index (χ3n) is 2.87. The fourth-order valence-electron chi connectivity index (χ4n) is 2.00. The van der Waals surface area contributed by atoms with Crippen LogP contribution in [0.1, 0.15) is 11.1 Å². The number of hydrogen-bond acceptors (Lipinski definition) is 3. The number of aromatic nitrogens is 2. The molecular weight excluding hydrogens is 232 g/mol. The molecule has 17 heavy (non-hydrogen) atoms. The Hall–Kier alpha value is -1.55. The normalized spacial score (nSPS) is 13.6. The van der Waals surface area contributed by atoms with E-state index in [1.165, 1.54) is 0 Å². The minimum absolute atomic E-state index is 0.115. The molecule has 0 saturated heterocycles. The van der Waals surface area contributed by atoms with Gasteiger partial charge in [-0.2, -0.15) is 0 Å². The van der Waals surface area contributed by atoms with Gasteiger partial charge in [0.1, 0.15) is 0 Å². The molecule has 86 valence electrons. The molecule has 1 aliphatic rings. The Morgan fingerprint density at radius 1 is 1.29 bits per heavy atom. The van der Waals surface area contributed by atoms with E-state index >= 15 is 0 Å². The van der Waals surface area contributed by atoms with Crippen LogP contribution in [0.5, 0.6) is 0 Å². The molecule has 2 aromatic rings. The fraction of sp³-hybridized carbons (Fsp3) is 0.231. The van der Waals surface area contributed by atoms with Crippen molar-refractivity contribution in [3.8, 4) is 0 Å². The average molecular weight is 244 g/mol. The molecule has 0 bridgehead atoms. The molecular formula is C13H12N2OS. The monoisotopic (exact) mass is 244 g/mol. The number of nitrogens with zero attached hydrogens (tertiary/aromatic N) is 2. The van der Waals surface area contributed by atoms with Crippen molar-refractivity contribution in [1.29, 1.82) is 0 Å². The predicted octanol–water partition coefficient (Wildman–Crippen LogP) is 1.94. The van der Waals surface area contributed by atoms with Crippen LogP contribution >= 0.6 is 11.8 Å². The Balaban J connectivity index is 1.98. The third-order valence-corrected chi connectivity index (χ3v) is 3.84. The maximum Gasteiger partial charge on any atom is 0.257 e. The second-order valence-electron chi connectivity index (χ2n) is 4.03. The second kappa shape index (κ2) is 4.37. The van der Waals surface area contributed by atoms with Gasteiger partial charge in [0.15, 0.2) is 5.16 Å². The average Bonchev–Trinajstić information content (AvgIpc) is 2.83. The molecule has 0 amide bonds. The minimum atomic E-state index is 0.115. The Morgan fingerprint density at radius 3 is 2.94 bits per heavy atom. The first-order chi connectivity index (χ1) is 8.34. The largest absolute Gasteiger partial charge is 0.287 e. The molecule has 0 saturated carbocycles. The van der Waals surface area contributed by atoms with E-state index in [1.54, 1.807) is 22.5 Å². The topological polar surface area (TPSA) is 34.9 Å². The van der Waals surface area contributed by atoms with Crippen molar-refractivity contribution in [2.75, 3.05) is 5.75 Å². The summed E-state index contributed by atoms with van der Waals surface area (Å²) in [6, 6.07) is 10.0. The summed E-state index contributed by atoms with van der Waals surface area (Å²) in [5.41, 5.74) is 2.05. The maximum absolute atomic E-state index is 12.2. The van der Waals surface area contributed by atoms with Crippen LogP contribution in [-0.2, 0) is 13.0 Å². The second-order valence-corrected chi connectivity index (χ2v) is 5.10. The molecule has 4 heteroatoms. The van der Waals surface area contributed by atoms with Crippen molar-refractivity contribution >= 4 is 11.8 Å². The molecule has 3 nitrogen and oxygen atoms in total. The van der Waals surface area contributed by atoms with Gasteiger partial charge in [0.05, 0.1) is 0 Å². The van der Waals surface area contributed by atoms with Gasteiger partial charge >= 0.3 is 0 Å². The molecule has 0 aliphatic carbocycles. The molecule has 0 spiro atoms. The highest BCUT2D eigenvalue weighted by molar-refractivity contribution is 7.99. The van der Waals surface area contributed by atoms with Crippen LogP contribution in [0.25, 0.3) is 0 Å². The van der Waals surface area contributed by atoms with E-state index in [0.717, 1.165) is 28.6 Å². The van der Waals surface area contributed by atoms with E-state index in [9.17, 15) is 4.79 Å². The zero-order chi connectivity index (χ0) is 11.7. The highest BCUT2D eigenvalue weighted by Crippen LogP contribution is 2.20. The van der Waals surface area contributed by atoms with E-state index in [-0.39, 0.29) is 5.56 Å².